The van der Waals surface area contributed by atoms with Crippen LogP contribution in [0.2, 0.25) is 0 Å². The zero-order valence-corrected chi connectivity index (χ0v) is 10.5. The number of nitrogens with two attached hydrogens (primary N) is 1. The molecule has 0 radical (unpaired) electrons. The van der Waals surface area contributed by atoms with Gasteiger partial charge in [-0.05, 0) is 24.6 Å². The molecular weight excluding hydrogens is 247 g/mol. The lowest BCUT2D eigenvalue weighted by Gasteiger charge is -2.14. The Morgan fingerprint density at radius 1 is 1.35 bits per heavy atom. The number of carbonyl (C=O) groups excluding carboxylic acids is 1. The van der Waals surface area contributed by atoms with Gasteiger partial charge in [0.05, 0.1) is 4.90 Å². The molecule has 0 aromatic heterocycles. The highest BCUT2D eigenvalue weighted by Gasteiger charge is 2.20. The van der Waals surface area contributed by atoms with Crippen LogP contribution in [0.4, 0.5) is 4.39 Å². The van der Waals surface area contributed by atoms with Crippen molar-refractivity contribution in [1.29, 1.82) is 0 Å². The predicted octanol–water partition coefficient (Wildman–Crippen LogP) is 0.483. The van der Waals surface area contributed by atoms with Gasteiger partial charge in [-0.25, -0.2) is 17.9 Å². The van der Waals surface area contributed by atoms with Gasteiger partial charge in [-0.2, -0.15) is 0 Å². The van der Waals surface area contributed by atoms with E-state index in [1.54, 1.807) is 0 Å². The normalized spacial score (nSPS) is 11.4. The summed E-state index contributed by atoms with van der Waals surface area (Å²) in [6, 6.07) is 1.80. The first-order valence-electron chi connectivity index (χ1n) is 4.69. The fraction of sp³-hybridized carbons (Fsp3) is 0.300. The first-order chi connectivity index (χ1) is 7.64. The second kappa shape index (κ2) is 4.42. The minimum atomic E-state index is -4.05. The third-order valence-corrected chi connectivity index (χ3v) is 3.31. The average molecular weight is 260 g/mol. The molecule has 0 aliphatic carbocycles. The fourth-order valence-electron chi connectivity index (χ4n) is 1.41. The number of hydrogen-bond donors (Lipinski definition) is 1. The molecule has 7 heteroatoms. The maximum Gasteiger partial charge on any atom is 0.253 e. The highest BCUT2D eigenvalue weighted by atomic mass is 32.2. The molecule has 1 aromatic carbocycles. The van der Waals surface area contributed by atoms with Crippen molar-refractivity contribution in [3.8, 4) is 0 Å². The van der Waals surface area contributed by atoms with Crippen LogP contribution in [-0.2, 0) is 10.0 Å². The Bertz CT molecular complexity index is 567. The molecule has 0 aliphatic heterocycles. The molecule has 17 heavy (non-hydrogen) atoms. The summed E-state index contributed by atoms with van der Waals surface area (Å²) in [5.41, 5.74) is 0.131. The number of rotatable bonds is 2. The van der Waals surface area contributed by atoms with E-state index >= 15 is 0 Å². The van der Waals surface area contributed by atoms with Gasteiger partial charge in [0.1, 0.15) is 5.82 Å². The Kier molecular flexibility index (Phi) is 3.53. The Hall–Kier alpha value is -1.47. The van der Waals surface area contributed by atoms with Crippen molar-refractivity contribution in [2.45, 2.75) is 11.8 Å². The molecular formula is C10H13FN2O3S. The van der Waals surface area contributed by atoms with Gasteiger partial charge in [-0.15, -0.1) is 0 Å². The molecule has 0 fully saturated rings. The zero-order valence-electron chi connectivity index (χ0n) is 9.69. The van der Waals surface area contributed by atoms with E-state index in [0.717, 1.165) is 12.1 Å². The van der Waals surface area contributed by atoms with Gasteiger partial charge in [-0.3, -0.25) is 4.79 Å². The summed E-state index contributed by atoms with van der Waals surface area (Å²) in [5.74, 6) is -1.29. The molecule has 0 saturated heterocycles. The highest BCUT2D eigenvalue weighted by Crippen LogP contribution is 2.20. The van der Waals surface area contributed by atoms with Gasteiger partial charge in [0.2, 0.25) is 10.0 Å². The molecule has 1 aromatic rings. The van der Waals surface area contributed by atoms with Crippen molar-refractivity contribution < 1.29 is 17.6 Å². The van der Waals surface area contributed by atoms with Crippen LogP contribution in [0.5, 0.6) is 0 Å². The van der Waals surface area contributed by atoms with Crippen LogP contribution in [0.25, 0.3) is 0 Å². The van der Waals surface area contributed by atoms with Crippen molar-refractivity contribution in [2.24, 2.45) is 5.14 Å². The first kappa shape index (κ1) is 13.6. The maximum atomic E-state index is 13.3. The SMILES string of the molecule is Cc1c(C(=O)N(C)C)cc(F)cc1S(N)(=O)=O. The molecule has 0 unspecified atom stereocenters. The molecule has 2 N–H and O–H groups in total. The lowest BCUT2D eigenvalue weighted by Crippen LogP contribution is -2.24. The number of nitrogens with zero attached hydrogens (tertiary/aromatic N) is 1. The Morgan fingerprint density at radius 2 is 1.88 bits per heavy atom. The van der Waals surface area contributed by atoms with Crippen molar-refractivity contribution in [2.75, 3.05) is 14.1 Å². The topological polar surface area (TPSA) is 80.5 Å². The summed E-state index contributed by atoms with van der Waals surface area (Å²) in [6.07, 6.45) is 0. The van der Waals surface area contributed by atoms with Crippen LogP contribution >= 0.6 is 0 Å². The molecule has 0 bridgehead atoms. The number of benzene rings is 1. The summed E-state index contributed by atoms with van der Waals surface area (Å²) < 4.78 is 35.7. The van der Waals surface area contributed by atoms with E-state index in [1.807, 2.05) is 0 Å². The summed E-state index contributed by atoms with van der Waals surface area (Å²) in [4.78, 5) is 12.6. The van der Waals surface area contributed by atoms with Gasteiger partial charge in [0, 0.05) is 19.7 Å². The number of carbonyl (C=O) groups is 1. The van der Waals surface area contributed by atoms with Crippen LogP contribution in [0, 0.1) is 12.7 Å². The number of primary sulfonamides is 1. The van der Waals surface area contributed by atoms with Crippen molar-refractivity contribution in [1.82, 2.24) is 4.90 Å². The standard InChI is InChI=1S/C10H13FN2O3S/c1-6-8(10(14)13(2)3)4-7(11)5-9(6)17(12,15)16/h4-5H,1-3H3,(H2,12,15,16). The largest absolute Gasteiger partial charge is 0.345 e. The molecule has 94 valence electrons. The third-order valence-electron chi connectivity index (χ3n) is 2.27. The molecule has 5 nitrogen and oxygen atoms in total. The number of sulfonamides is 1. The van der Waals surface area contributed by atoms with Gasteiger partial charge >= 0.3 is 0 Å². The Balaban J connectivity index is 3.56. The Morgan fingerprint density at radius 3 is 2.29 bits per heavy atom. The van der Waals surface area contributed by atoms with Crippen molar-refractivity contribution >= 4 is 15.9 Å². The predicted molar refractivity (Wildman–Crippen MR) is 60.5 cm³/mol. The smallest absolute Gasteiger partial charge is 0.253 e. The van der Waals surface area contributed by atoms with Gasteiger partial charge in [0.25, 0.3) is 5.91 Å². The summed E-state index contributed by atoms with van der Waals surface area (Å²) in [5, 5.41) is 4.95. The van der Waals surface area contributed by atoms with Crippen LogP contribution < -0.4 is 5.14 Å². The zero-order chi connectivity index (χ0) is 13.4. The quantitative estimate of drug-likeness (QED) is 0.840. The molecule has 0 heterocycles. The number of amides is 1. The van der Waals surface area contributed by atoms with E-state index in [0.29, 0.717) is 0 Å². The van der Waals surface area contributed by atoms with Gasteiger partial charge in [0.15, 0.2) is 0 Å². The second-order valence-electron chi connectivity index (χ2n) is 3.82. The summed E-state index contributed by atoms with van der Waals surface area (Å²) >= 11 is 0. The molecule has 0 aliphatic rings. The summed E-state index contributed by atoms with van der Waals surface area (Å²) in [7, 11) is -1.07. The van der Waals surface area contributed by atoms with Crippen molar-refractivity contribution in [3.63, 3.8) is 0 Å². The molecule has 0 atom stereocenters. The average Bonchev–Trinajstić information content (AvgIpc) is 2.18. The minimum Gasteiger partial charge on any atom is -0.345 e. The van der Waals surface area contributed by atoms with E-state index < -0.39 is 21.7 Å². The van der Waals surface area contributed by atoms with Crippen molar-refractivity contribution in [3.05, 3.63) is 29.1 Å². The van der Waals surface area contributed by atoms with E-state index in [9.17, 15) is 17.6 Å². The molecule has 0 spiro atoms. The van der Waals surface area contributed by atoms with Gasteiger partial charge in [-0.1, -0.05) is 0 Å². The highest BCUT2D eigenvalue weighted by molar-refractivity contribution is 7.89. The molecule has 1 rings (SSSR count). The van der Waals surface area contributed by atoms with E-state index in [1.165, 1.54) is 25.9 Å². The second-order valence-corrected chi connectivity index (χ2v) is 5.35. The van der Waals surface area contributed by atoms with E-state index in [2.05, 4.69) is 0 Å². The maximum absolute atomic E-state index is 13.3. The van der Waals surface area contributed by atoms with E-state index in [-0.39, 0.29) is 16.0 Å². The minimum absolute atomic E-state index is 0.0148. The third kappa shape index (κ3) is 2.80. The monoisotopic (exact) mass is 260 g/mol. The molecule has 0 saturated carbocycles. The molecule has 1 amide bonds. The van der Waals surface area contributed by atoms with Crippen LogP contribution in [0.15, 0.2) is 17.0 Å². The fourth-order valence-corrected chi connectivity index (χ4v) is 2.23. The first-order valence-corrected chi connectivity index (χ1v) is 6.24. The Labute approximate surface area is 99.1 Å². The van der Waals surface area contributed by atoms with Crippen LogP contribution in [0.1, 0.15) is 15.9 Å². The van der Waals surface area contributed by atoms with Crippen LogP contribution in [-0.4, -0.2) is 33.3 Å². The van der Waals surface area contributed by atoms with Crippen LogP contribution in [0.3, 0.4) is 0 Å². The van der Waals surface area contributed by atoms with E-state index in [4.69, 9.17) is 5.14 Å². The summed E-state index contributed by atoms with van der Waals surface area (Å²) in [6.45, 7) is 1.41. The number of hydrogen-bond acceptors (Lipinski definition) is 3. The number of halogens is 1. The lowest BCUT2D eigenvalue weighted by atomic mass is 10.1. The lowest BCUT2D eigenvalue weighted by molar-refractivity contribution is 0.0826. The van der Waals surface area contributed by atoms with Gasteiger partial charge < -0.3 is 4.90 Å².